The summed E-state index contributed by atoms with van der Waals surface area (Å²) in [6, 6.07) is 6.90. The molecule has 1 amide bonds. The number of halogens is 1. The zero-order chi connectivity index (χ0) is 15.1. The van der Waals surface area contributed by atoms with E-state index in [2.05, 4.69) is 13.8 Å². The average molecular weight is 296 g/mol. The lowest BCUT2D eigenvalue weighted by Crippen LogP contribution is -2.32. The number of amides is 1. The number of hydrogen-bond acceptors (Lipinski definition) is 2. The van der Waals surface area contributed by atoms with E-state index in [9.17, 15) is 9.90 Å². The van der Waals surface area contributed by atoms with Crippen molar-refractivity contribution in [3.8, 4) is 5.75 Å². The molecule has 1 aromatic rings. The lowest BCUT2D eigenvalue weighted by molar-refractivity contribution is -0.127. The molecule has 3 nitrogen and oxygen atoms in total. The van der Waals surface area contributed by atoms with Crippen molar-refractivity contribution in [1.82, 2.24) is 4.90 Å². The first kappa shape index (κ1) is 16.6. The Labute approximate surface area is 125 Å². The highest BCUT2D eigenvalue weighted by molar-refractivity contribution is 6.21. The van der Waals surface area contributed by atoms with Crippen LogP contribution in [0.15, 0.2) is 36.4 Å². The molecule has 110 valence electrons. The van der Waals surface area contributed by atoms with Gasteiger partial charge >= 0.3 is 0 Å². The molecule has 0 aliphatic carbocycles. The standard InChI is InChI=1S/C16H22ClNO2/c1-12(2)10-18(16(20)9-4-13(3)17)11-14-5-7-15(19)8-6-14/h4-9,12-13,19H,10-11H2,1-3H3/b9-4+. The van der Waals surface area contributed by atoms with Crippen molar-refractivity contribution in [2.75, 3.05) is 6.54 Å². The molecule has 0 aliphatic heterocycles. The van der Waals surface area contributed by atoms with E-state index in [0.717, 1.165) is 5.56 Å². The van der Waals surface area contributed by atoms with Crippen molar-refractivity contribution in [3.05, 3.63) is 42.0 Å². The van der Waals surface area contributed by atoms with Crippen LogP contribution in [0.5, 0.6) is 5.75 Å². The highest BCUT2D eigenvalue weighted by atomic mass is 35.5. The Bertz CT molecular complexity index is 452. The molecule has 0 spiro atoms. The number of phenols is 1. The van der Waals surface area contributed by atoms with Gasteiger partial charge < -0.3 is 10.0 Å². The van der Waals surface area contributed by atoms with Crippen molar-refractivity contribution >= 4 is 17.5 Å². The predicted octanol–water partition coefficient (Wildman–Crippen LogP) is 3.56. The van der Waals surface area contributed by atoms with Gasteiger partial charge in [-0.15, -0.1) is 11.6 Å². The number of alkyl halides is 1. The van der Waals surface area contributed by atoms with Crippen molar-refractivity contribution in [2.45, 2.75) is 32.7 Å². The minimum atomic E-state index is -0.159. The molecule has 1 N–H and O–H groups in total. The molecule has 0 fully saturated rings. The number of benzene rings is 1. The molecule has 0 saturated heterocycles. The second-order valence-electron chi connectivity index (χ2n) is 5.32. The first-order valence-electron chi connectivity index (χ1n) is 6.77. The van der Waals surface area contributed by atoms with E-state index in [1.807, 2.05) is 19.1 Å². The normalized spacial score (nSPS) is 12.8. The number of phenolic OH excluding ortho intramolecular Hbond substituents is 1. The highest BCUT2D eigenvalue weighted by Gasteiger charge is 2.13. The average Bonchev–Trinajstić information content (AvgIpc) is 2.37. The monoisotopic (exact) mass is 295 g/mol. The van der Waals surface area contributed by atoms with Crippen LogP contribution in [0.1, 0.15) is 26.3 Å². The van der Waals surface area contributed by atoms with Gasteiger partial charge in [-0.2, -0.15) is 0 Å². The van der Waals surface area contributed by atoms with Crippen LogP contribution in [-0.2, 0) is 11.3 Å². The summed E-state index contributed by atoms with van der Waals surface area (Å²) in [7, 11) is 0. The fourth-order valence-electron chi connectivity index (χ4n) is 1.82. The maximum absolute atomic E-state index is 12.2. The lowest BCUT2D eigenvalue weighted by Gasteiger charge is -2.23. The van der Waals surface area contributed by atoms with Crippen molar-refractivity contribution in [1.29, 1.82) is 0 Å². The summed E-state index contributed by atoms with van der Waals surface area (Å²) in [5.41, 5.74) is 0.990. The van der Waals surface area contributed by atoms with Gasteiger partial charge in [-0.25, -0.2) is 0 Å². The Morgan fingerprint density at radius 2 is 1.90 bits per heavy atom. The van der Waals surface area contributed by atoms with E-state index < -0.39 is 0 Å². The van der Waals surface area contributed by atoms with Crippen molar-refractivity contribution in [3.63, 3.8) is 0 Å². The van der Waals surface area contributed by atoms with Crippen LogP contribution in [0, 0.1) is 5.92 Å². The highest BCUT2D eigenvalue weighted by Crippen LogP contribution is 2.13. The molecule has 0 bridgehead atoms. The first-order valence-corrected chi connectivity index (χ1v) is 7.21. The maximum Gasteiger partial charge on any atom is 0.246 e. The summed E-state index contributed by atoms with van der Waals surface area (Å²) in [6.45, 7) is 7.17. The predicted molar refractivity (Wildman–Crippen MR) is 82.8 cm³/mol. The molecular weight excluding hydrogens is 274 g/mol. The molecule has 20 heavy (non-hydrogen) atoms. The Morgan fingerprint density at radius 3 is 2.40 bits per heavy atom. The van der Waals surface area contributed by atoms with E-state index in [0.29, 0.717) is 19.0 Å². The summed E-state index contributed by atoms with van der Waals surface area (Å²) >= 11 is 5.82. The van der Waals surface area contributed by atoms with Crippen molar-refractivity contribution < 1.29 is 9.90 Å². The lowest BCUT2D eigenvalue weighted by atomic mass is 10.1. The zero-order valence-electron chi connectivity index (χ0n) is 12.2. The van der Waals surface area contributed by atoms with E-state index in [1.54, 1.807) is 23.1 Å². The molecule has 0 saturated carbocycles. The van der Waals surface area contributed by atoms with Gasteiger partial charge in [-0.1, -0.05) is 32.1 Å². The largest absolute Gasteiger partial charge is 0.508 e. The number of nitrogens with zero attached hydrogens (tertiary/aromatic N) is 1. The van der Waals surface area contributed by atoms with Gasteiger partial charge in [0.1, 0.15) is 5.75 Å². The minimum absolute atomic E-state index is 0.0423. The fourth-order valence-corrected chi connectivity index (χ4v) is 1.89. The summed E-state index contributed by atoms with van der Waals surface area (Å²) < 4.78 is 0. The topological polar surface area (TPSA) is 40.5 Å². The second kappa shape index (κ2) is 7.95. The SMILES string of the molecule is CC(Cl)/C=C/C(=O)N(Cc1ccc(O)cc1)CC(C)C. The third-order valence-electron chi connectivity index (χ3n) is 2.71. The molecule has 0 aromatic heterocycles. The van der Waals surface area contributed by atoms with Crippen LogP contribution >= 0.6 is 11.6 Å². The van der Waals surface area contributed by atoms with E-state index in [4.69, 9.17) is 11.6 Å². The van der Waals surface area contributed by atoms with Crippen LogP contribution in [-0.4, -0.2) is 27.8 Å². The van der Waals surface area contributed by atoms with E-state index >= 15 is 0 Å². The molecule has 4 heteroatoms. The number of rotatable bonds is 6. The summed E-state index contributed by atoms with van der Waals surface area (Å²) in [6.07, 6.45) is 3.22. The van der Waals surface area contributed by atoms with Gasteiger partial charge in [0, 0.05) is 24.5 Å². The van der Waals surface area contributed by atoms with Crippen molar-refractivity contribution in [2.24, 2.45) is 5.92 Å². The van der Waals surface area contributed by atoms with Crippen LogP contribution in [0.3, 0.4) is 0 Å². The molecule has 1 atom stereocenters. The summed E-state index contributed by atoms with van der Waals surface area (Å²) in [4.78, 5) is 14.0. The second-order valence-corrected chi connectivity index (χ2v) is 6.00. The summed E-state index contributed by atoms with van der Waals surface area (Å²) in [5.74, 6) is 0.573. The molecule has 0 heterocycles. The van der Waals surface area contributed by atoms with E-state index in [-0.39, 0.29) is 17.0 Å². The van der Waals surface area contributed by atoms with E-state index in [1.165, 1.54) is 6.08 Å². The van der Waals surface area contributed by atoms with Gasteiger partial charge in [0.25, 0.3) is 0 Å². The zero-order valence-corrected chi connectivity index (χ0v) is 13.0. The Morgan fingerprint density at radius 1 is 1.30 bits per heavy atom. The quantitative estimate of drug-likeness (QED) is 0.644. The van der Waals surface area contributed by atoms with Crippen LogP contribution in [0.2, 0.25) is 0 Å². The molecule has 1 rings (SSSR count). The number of aromatic hydroxyl groups is 1. The van der Waals surface area contributed by atoms with Gasteiger partial charge in [0.15, 0.2) is 0 Å². The maximum atomic E-state index is 12.2. The van der Waals surface area contributed by atoms with Crippen LogP contribution in [0.25, 0.3) is 0 Å². The number of allylic oxidation sites excluding steroid dienone is 1. The van der Waals surface area contributed by atoms with Gasteiger partial charge in [0.05, 0.1) is 0 Å². The third-order valence-corrected chi connectivity index (χ3v) is 2.86. The molecular formula is C16H22ClNO2. The van der Waals surface area contributed by atoms with Gasteiger partial charge in [0.2, 0.25) is 5.91 Å². The first-order chi connectivity index (χ1) is 9.38. The molecule has 1 aromatic carbocycles. The fraction of sp³-hybridized carbons (Fsp3) is 0.438. The number of carbonyl (C=O) groups excluding carboxylic acids is 1. The summed E-state index contributed by atoms with van der Waals surface area (Å²) in [5, 5.41) is 9.13. The van der Waals surface area contributed by atoms with Gasteiger partial charge in [-0.3, -0.25) is 4.79 Å². The third kappa shape index (κ3) is 6.11. The Hall–Kier alpha value is -1.48. The van der Waals surface area contributed by atoms with Crippen LogP contribution < -0.4 is 0 Å². The Balaban J connectivity index is 2.78. The number of hydrogen-bond donors (Lipinski definition) is 1. The minimum Gasteiger partial charge on any atom is -0.508 e. The Kier molecular flexibility index (Phi) is 6.59. The molecule has 0 radical (unpaired) electrons. The van der Waals surface area contributed by atoms with Gasteiger partial charge in [-0.05, 0) is 30.5 Å². The smallest absolute Gasteiger partial charge is 0.246 e. The number of carbonyl (C=O) groups is 1. The molecule has 0 aliphatic rings. The van der Waals surface area contributed by atoms with Crippen LogP contribution in [0.4, 0.5) is 0 Å². The molecule has 1 unspecified atom stereocenters.